The predicted octanol–water partition coefficient (Wildman–Crippen LogP) is 3.11. The van der Waals surface area contributed by atoms with Gasteiger partial charge in [0.25, 0.3) is 0 Å². The number of hydroxylamine groups is 2. The molecule has 0 aromatic rings. The van der Waals surface area contributed by atoms with Gasteiger partial charge >= 0.3 is 0 Å². The van der Waals surface area contributed by atoms with Crippen LogP contribution < -0.4 is 0 Å². The van der Waals surface area contributed by atoms with Crippen molar-refractivity contribution in [2.24, 2.45) is 0 Å². The summed E-state index contributed by atoms with van der Waals surface area (Å²) in [5, 5.41) is 6.44. The van der Waals surface area contributed by atoms with Gasteiger partial charge < -0.3 is 0 Å². The third kappa shape index (κ3) is 3.92. The Kier molecular flexibility index (Phi) is 6.50. The van der Waals surface area contributed by atoms with Crippen molar-refractivity contribution in [2.45, 2.75) is 108 Å². The number of hydrazine groups is 2. The molecular formula is C20H34N4O4. The Hall–Kier alpha value is -1.22. The van der Waals surface area contributed by atoms with Gasteiger partial charge in [0.1, 0.15) is 0 Å². The van der Waals surface area contributed by atoms with E-state index in [-0.39, 0.29) is 12.2 Å². The fourth-order valence-electron chi connectivity index (χ4n) is 4.99. The molecule has 158 valence electrons. The quantitative estimate of drug-likeness (QED) is 0.509. The lowest BCUT2D eigenvalue weighted by Gasteiger charge is -2.39. The van der Waals surface area contributed by atoms with Crippen LogP contribution in [-0.2, 0) is 19.3 Å². The number of carbonyl (C=O) groups excluding carboxylic acids is 2. The van der Waals surface area contributed by atoms with E-state index in [1.807, 2.05) is 0 Å². The molecule has 28 heavy (non-hydrogen) atoms. The monoisotopic (exact) mass is 394 g/mol. The molecule has 2 aliphatic carbocycles. The zero-order chi connectivity index (χ0) is 19.4. The molecule has 2 atom stereocenters. The molecule has 0 N–H and O–H groups in total. The van der Waals surface area contributed by atoms with Crippen molar-refractivity contribution < 1.29 is 19.3 Å². The van der Waals surface area contributed by atoms with Crippen molar-refractivity contribution >= 4 is 12.8 Å². The second-order valence-electron chi connectivity index (χ2n) is 8.56. The van der Waals surface area contributed by atoms with Crippen LogP contribution in [0.2, 0.25) is 0 Å². The molecule has 0 bridgehead atoms. The van der Waals surface area contributed by atoms with E-state index in [1.165, 1.54) is 30.7 Å². The van der Waals surface area contributed by atoms with Crippen LogP contribution >= 0.6 is 0 Å². The molecule has 4 fully saturated rings. The van der Waals surface area contributed by atoms with Crippen LogP contribution in [0.5, 0.6) is 0 Å². The molecule has 2 heterocycles. The van der Waals surface area contributed by atoms with E-state index in [0.717, 1.165) is 70.6 Å². The molecule has 4 aliphatic rings. The smallest absolute Gasteiger partial charge is 0.249 e. The van der Waals surface area contributed by atoms with Crippen molar-refractivity contribution in [3.63, 3.8) is 0 Å². The highest BCUT2D eigenvalue weighted by molar-refractivity contribution is 5.56. The summed E-state index contributed by atoms with van der Waals surface area (Å²) in [4.78, 5) is 36.6. The summed E-state index contributed by atoms with van der Waals surface area (Å²) in [7, 11) is 0. The summed E-state index contributed by atoms with van der Waals surface area (Å²) >= 11 is 0. The van der Waals surface area contributed by atoms with Crippen LogP contribution in [0.1, 0.15) is 89.9 Å². The fraction of sp³-hybridized carbons (Fsp3) is 0.900. The average Bonchev–Trinajstić information content (AvgIpc) is 3.34. The number of hydrogen-bond donors (Lipinski definition) is 0. The lowest BCUT2D eigenvalue weighted by molar-refractivity contribution is -0.329. The van der Waals surface area contributed by atoms with Gasteiger partial charge in [-0.1, -0.05) is 50.1 Å². The molecule has 8 heteroatoms. The van der Waals surface area contributed by atoms with Crippen molar-refractivity contribution in [3.05, 3.63) is 0 Å². The number of hydrogen-bond acceptors (Lipinski definition) is 6. The van der Waals surface area contributed by atoms with Gasteiger partial charge in [-0.05, 0) is 43.7 Å². The summed E-state index contributed by atoms with van der Waals surface area (Å²) in [6.07, 6.45) is 16.7. The first-order valence-electron chi connectivity index (χ1n) is 11.2. The lowest BCUT2D eigenvalue weighted by Crippen LogP contribution is -2.55. The maximum atomic E-state index is 12.2. The van der Waals surface area contributed by atoms with Gasteiger partial charge in [0.15, 0.2) is 0 Å². The Morgan fingerprint density at radius 1 is 0.679 bits per heavy atom. The Morgan fingerprint density at radius 2 is 1.25 bits per heavy atom. The fourth-order valence-corrected chi connectivity index (χ4v) is 4.99. The molecule has 0 aromatic carbocycles. The van der Waals surface area contributed by atoms with E-state index < -0.39 is 5.79 Å². The van der Waals surface area contributed by atoms with Gasteiger partial charge in [-0.15, -0.1) is 0 Å². The summed E-state index contributed by atoms with van der Waals surface area (Å²) in [6, 6.07) is 0. The first-order valence-corrected chi connectivity index (χ1v) is 11.2. The highest BCUT2D eigenvalue weighted by atomic mass is 16.8. The molecule has 2 aliphatic heterocycles. The van der Waals surface area contributed by atoms with E-state index in [4.69, 9.17) is 9.68 Å². The normalized spacial score (nSPS) is 33.5. The molecule has 4 rings (SSSR count). The van der Waals surface area contributed by atoms with Crippen molar-refractivity contribution in [3.8, 4) is 0 Å². The largest absolute Gasteiger partial charge is 0.277 e. The van der Waals surface area contributed by atoms with Gasteiger partial charge in [0, 0.05) is 13.0 Å². The van der Waals surface area contributed by atoms with Gasteiger partial charge in [0.2, 0.25) is 18.6 Å². The third-order valence-electron chi connectivity index (χ3n) is 6.62. The number of nitrogens with zero attached hydrogens (tertiary/aromatic N) is 4. The molecule has 0 aromatic heterocycles. The topological polar surface area (TPSA) is 65.1 Å². The summed E-state index contributed by atoms with van der Waals surface area (Å²) < 4.78 is 0. The van der Waals surface area contributed by atoms with E-state index in [2.05, 4.69) is 0 Å². The first-order chi connectivity index (χ1) is 13.8. The van der Waals surface area contributed by atoms with Gasteiger partial charge in [0.05, 0.1) is 12.2 Å². The van der Waals surface area contributed by atoms with E-state index in [1.54, 1.807) is 15.4 Å². The summed E-state index contributed by atoms with van der Waals surface area (Å²) in [5.74, 6) is -0.879. The zero-order valence-corrected chi connectivity index (χ0v) is 16.8. The molecule has 2 amide bonds. The molecular weight excluding hydrogens is 360 g/mol. The van der Waals surface area contributed by atoms with E-state index >= 15 is 0 Å². The zero-order valence-electron chi connectivity index (χ0n) is 16.8. The Labute approximate surface area is 167 Å². The van der Waals surface area contributed by atoms with E-state index in [9.17, 15) is 9.59 Å². The lowest BCUT2D eigenvalue weighted by atomic mass is 9.98. The van der Waals surface area contributed by atoms with Crippen molar-refractivity contribution in [2.75, 3.05) is 6.54 Å². The van der Waals surface area contributed by atoms with Crippen LogP contribution in [0.15, 0.2) is 0 Å². The molecule has 2 saturated heterocycles. The van der Waals surface area contributed by atoms with Gasteiger partial charge in [-0.3, -0.25) is 19.3 Å². The Balaban J connectivity index is 1.51. The SMILES string of the molecule is O=CN1N(OC2CCCCC2)CCCCCC12N(C=O)N2OC1CCCCC1. The maximum Gasteiger partial charge on any atom is 0.249 e. The Morgan fingerprint density at radius 3 is 1.86 bits per heavy atom. The van der Waals surface area contributed by atoms with Gasteiger partial charge in [-0.25, -0.2) is 10.0 Å². The highest BCUT2D eigenvalue weighted by Crippen LogP contribution is 2.48. The molecule has 2 saturated carbocycles. The summed E-state index contributed by atoms with van der Waals surface area (Å²) in [5.41, 5.74) is 0. The van der Waals surface area contributed by atoms with E-state index in [0.29, 0.717) is 13.0 Å². The second-order valence-corrected chi connectivity index (χ2v) is 8.56. The minimum Gasteiger partial charge on any atom is -0.277 e. The highest BCUT2D eigenvalue weighted by Gasteiger charge is 2.69. The number of rotatable bonds is 6. The van der Waals surface area contributed by atoms with Crippen molar-refractivity contribution in [1.82, 2.24) is 20.4 Å². The minimum atomic E-state index is -0.879. The van der Waals surface area contributed by atoms with Crippen LogP contribution in [0.25, 0.3) is 0 Å². The standard InChI is InChI=1S/C20H34N4O4/c25-16-21-20(22(17-26)24(20)28-19-12-6-2-7-13-19)14-8-3-9-15-23(21)27-18-10-4-1-5-11-18/h16-19H,1-15H2. The average molecular weight is 395 g/mol. The Bertz CT molecular complexity index is 538. The number of amides is 2. The molecule has 0 radical (unpaired) electrons. The van der Waals surface area contributed by atoms with Crippen LogP contribution in [0, 0.1) is 0 Å². The van der Waals surface area contributed by atoms with Crippen LogP contribution in [-0.4, -0.2) is 57.7 Å². The predicted molar refractivity (Wildman–Crippen MR) is 101 cm³/mol. The second kappa shape index (κ2) is 9.07. The van der Waals surface area contributed by atoms with Crippen molar-refractivity contribution in [1.29, 1.82) is 0 Å². The molecule has 8 nitrogen and oxygen atoms in total. The third-order valence-corrected chi connectivity index (χ3v) is 6.62. The number of carbonyl (C=O) groups is 2. The maximum absolute atomic E-state index is 12.2. The molecule has 2 unspecified atom stereocenters. The molecule has 1 spiro atoms. The van der Waals surface area contributed by atoms with Crippen LogP contribution in [0.3, 0.4) is 0 Å². The summed E-state index contributed by atoms with van der Waals surface area (Å²) in [6.45, 7) is 0.654. The first kappa shape index (κ1) is 20.1. The van der Waals surface area contributed by atoms with Gasteiger partial charge in [-0.2, -0.15) is 0 Å². The van der Waals surface area contributed by atoms with Crippen LogP contribution in [0.4, 0.5) is 0 Å². The minimum absolute atomic E-state index is 0.113.